The normalized spacial score (nSPS) is 10.4. The van der Waals surface area contributed by atoms with Crippen LogP contribution in [-0.4, -0.2) is 67.1 Å². The van der Waals surface area contributed by atoms with E-state index in [9.17, 15) is 0 Å². The third kappa shape index (κ3) is 7.61. The molecule has 2 rings (SSSR count). The maximum atomic E-state index is 5.59. The van der Waals surface area contributed by atoms with Crippen molar-refractivity contribution in [1.82, 2.24) is 10.2 Å². The predicted octanol–water partition coefficient (Wildman–Crippen LogP) is 4.28. The van der Waals surface area contributed by atoms with Crippen molar-refractivity contribution in [1.29, 1.82) is 0 Å². The molecule has 6 heteroatoms. The highest BCUT2D eigenvalue weighted by Crippen LogP contribution is 2.39. The van der Waals surface area contributed by atoms with Gasteiger partial charge in [-0.15, -0.1) is 0 Å². The van der Waals surface area contributed by atoms with Crippen LogP contribution >= 0.6 is 0 Å². The van der Waals surface area contributed by atoms with E-state index in [1.165, 1.54) is 16.7 Å². The number of rotatable bonds is 11. The van der Waals surface area contributed by atoms with Crippen molar-refractivity contribution in [3.05, 3.63) is 46.5 Å². The summed E-state index contributed by atoms with van der Waals surface area (Å²) in [5.41, 5.74) is 4.85. The first-order chi connectivity index (χ1) is 15.4. The molecule has 180 valence electrons. The second-order valence-corrected chi connectivity index (χ2v) is 7.70. The molecule has 0 aliphatic heterocycles. The van der Waals surface area contributed by atoms with Gasteiger partial charge in [0.1, 0.15) is 5.75 Å². The first-order valence-electron chi connectivity index (χ1n) is 11.1. The molecule has 1 N–H and O–H groups in total. The lowest BCUT2D eigenvalue weighted by molar-refractivity contribution is 0.316. The third-order valence-electron chi connectivity index (χ3n) is 5.58. The van der Waals surface area contributed by atoms with Crippen molar-refractivity contribution in [3.8, 4) is 23.0 Å². The van der Waals surface area contributed by atoms with Gasteiger partial charge in [-0.1, -0.05) is 25.1 Å². The molecule has 2 aromatic rings. The standard InChI is InChI=1S/C23H33NO4.C3H9N/c1-16-8-9-18(17(2)21(16)26-5)12-14-24(3)15-13-19-10-11-20(25-4)23(28-7)22(19)27-6;1-3-4-2/h8-11H,12-15H2,1-7H3;4H,3H2,1-2H3. The first-order valence-corrected chi connectivity index (χ1v) is 11.1. The first kappa shape index (κ1) is 27.6. The Bertz CT molecular complexity index is 822. The Morgan fingerprint density at radius 3 is 1.78 bits per heavy atom. The average molecular weight is 447 g/mol. The van der Waals surface area contributed by atoms with Crippen LogP contribution in [0.4, 0.5) is 0 Å². The summed E-state index contributed by atoms with van der Waals surface area (Å²) >= 11 is 0. The molecule has 32 heavy (non-hydrogen) atoms. The average Bonchev–Trinajstić information content (AvgIpc) is 2.81. The molecule has 0 unspecified atom stereocenters. The van der Waals surface area contributed by atoms with Gasteiger partial charge in [-0.3, -0.25) is 0 Å². The Hall–Kier alpha value is -2.44. The number of methoxy groups -OCH3 is 4. The number of likely N-dealkylation sites (N-methyl/N-ethyl adjacent to an activating group) is 1. The van der Waals surface area contributed by atoms with Crippen molar-refractivity contribution in [2.45, 2.75) is 33.6 Å². The molecule has 0 aliphatic rings. The number of aryl methyl sites for hydroxylation is 1. The van der Waals surface area contributed by atoms with Crippen molar-refractivity contribution >= 4 is 0 Å². The van der Waals surface area contributed by atoms with Crippen molar-refractivity contribution < 1.29 is 18.9 Å². The molecule has 2 aromatic carbocycles. The van der Waals surface area contributed by atoms with Gasteiger partial charge in [0.2, 0.25) is 5.75 Å². The number of hydrogen-bond acceptors (Lipinski definition) is 6. The van der Waals surface area contributed by atoms with Crippen LogP contribution in [-0.2, 0) is 12.8 Å². The Balaban J connectivity index is 0.00000118. The van der Waals surface area contributed by atoms with Crippen molar-refractivity contribution in [2.75, 3.05) is 62.2 Å². The van der Waals surface area contributed by atoms with Gasteiger partial charge in [0.05, 0.1) is 28.4 Å². The number of nitrogens with one attached hydrogen (secondary N) is 1. The van der Waals surface area contributed by atoms with Gasteiger partial charge in [-0.2, -0.15) is 0 Å². The van der Waals surface area contributed by atoms with Gasteiger partial charge in [0, 0.05) is 13.1 Å². The molecule has 0 atom stereocenters. The molecule has 0 aliphatic carbocycles. The van der Waals surface area contributed by atoms with Gasteiger partial charge in [0.15, 0.2) is 11.5 Å². The van der Waals surface area contributed by atoms with E-state index in [-0.39, 0.29) is 0 Å². The van der Waals surface area contributed by atoms with Crippen molar-refractivity contribution in [3.63, 3.8) is 0 Å². The maximum Gasteiger partial charge on any atom is 0.203 e. The Labute approximate surface area is 194 Å². The molecule has 0 aromatic heterocycles. The largest absolute Gasteiger partial charge is 0.496 e. The van der Waals surface area contributed by atoms with E-state index < -0.39 is 0 Å². The second kappa shape index (κ2) is 14.6. The van der Waals surface area contributed by atoms with Crippen LogP contribution in [0.3, 0.4) is 0 Å². The highest BCUT2D eigenvalue weighted by molar-refractivity contribution is 5.55. The van der Waals surface area contributed by atoms with Gasteiger partial charge in [-0.25, -0.2) is 0 Å². The topological polar surface area (TPSA) is 52.2 Å². The van der Waals surface area contributed by atoms with Gasteiger partial charge >= 0.3 is 0 Å². The quantitative estimate of drug-likeness (QED) is 0.556. The summed E-state index contributed by atoms with van der Waals surface area (Å²) in [5, 5.41) is 2.93. The summed E-state index contributed by atoms with van der Waals surface area (Å²) in [4.78, 5) is 2.34. The van der Waals surface area contributed by atoms with E-state index in [1.807, 2.05) is 19.2 Å². The fourth-order valence-corrected chi connectivity index (χ4v) is 3.55. The maximum absolute atomic E-state index is 5.59. The van der Waals surface area contributed by atoms with Crippen LogP contribution in [0.25, 0.3) is 0 Å². The van der Waals surface area contributed by atoms with Crippen LogP contribution < -0.4 is 24.3 Å². The molecular weight excluding hydrogens is 404 g/mol. The summed E-state index contributed by atoms with van der Waals surface area (Å²) in [6.07, 6.45) is 1.86. The van der Waals surface area contributed by atoms with E-state index in [1.54, 1.807) is 28.4 Å². The Kier molecular flexibility index (Phi) is 12.6. The Morgan fingerprint density at radius 1 is 0.750 bits per heavy atom. The van der Waals surface area contributed by atoms with E-state index in [2.05, 4.69) is 50.2 Å². The molecule has 0 bridgehead atoms. The van der Waals surface area contributed by atoms with Crippen molar-refractivity contribution in [2.24, 2.45) is 0 Å². The zero-order chi connectivity index (χ0) is 24.1. The van der Waals surface area contributed by atoms with E-state index in [4.69, 9.17) is 18.9 Å². The van der Waals surface area contributed by atoms with Crippen LogP contribution in [0.15, 0.2) is 24.3 Å². The highest BCUT2D eigenvalue weighted by Gasteiger charge is 2.16. The molecule has 0 fully saturated rings. The van der Waals surface area contributed by atoms with Crippen LogP contribution in [0.1, 0.15) is 29.2 Å². The number of ether oxygens (including phenoxy) is 4. The van der Waals surface area contributed by atoms with Gasteiger partial charge < -0.3 is 29.2 Å². The predicted molar refractivity (Wildman–Crippen MR) is 133 cm³/mol. The minimum Gasteiger partial charge on any atom is -0.496 e. The monoisotopic (exact) mass is 446 g/mol. The summed E-state index contributed by atoms with van der Waals surface area (Å²) in [6, 6.07) is 8.32. The summed E-state index contributed by atoms with van der Waals surface area (Å²) in [6.45, 7) is 9.25. The van der Waals surface area contributed by atoms with Gasteiger partial charge in [0.25, 0.3) is 0 Å². The van der Waals surface area contributed by atoms with Gasteiger partial charge in [-0.05, 0) is 75.6 Å². The number of nitrogens with zero attached hydrogens (tertiary/aromatic N) is 1. The SMILES string of the molecule is CCNC.COc1ccc(CCN(C)CCc2ccc(C)c(OC)c2C)c(OC)c1OC. The summed E-state index contributed by atoms with van der Waals surface area (Å²) in [7, 11) is 10.7. The summed E-state index contributed by atoms with van der Waals surface area (Å²) in [5.74, 6) is 3.07. The molecular formula is C26H42N2O4. The number of hydrogen-bond donors (Lipinski definition) is 1. The lowest BCUT2D eigenvalue weighted by atomic mass is 10.0. The molecule has 0 saturated heterocycles. The Morgan fingerprint density at radius 2 is 1.28 bits per heavy atom. The fourth-order valence-electron chi connectivity index (χ4n) is 3.55. The van der Waals surface area contributed by atoms with Crippen LogP contribution in [0, 0.1) is 13.8 Å². The van der Waals surface area contributed by atoms with Crippen LogP contribution in [0.2, 0.25) is 0 Å². The fraction of sp³-hybridized carbons (Fsp3) is 0.538. The van der Waals surface area contributed by atoms with E-state index in [0.29, 0.717) is 11.5 Å². The second-order valence-electron chi connectivity index (χ2n) is 7.70. The third-order valence-corrected chi connectivity index (χ3v) is 5.58. The molecule has 0 heterocycles. The smallest absolute Gasteiger partial charge is 0.203 e. The summed E-state index contributed by atoms with van der Waals surface area (Å²) < 4.78 is 22.0. The molecule has 0 spiro atoms. The lowest BCUT2D eigenvalue weighted by Gasteiger charge is -2.20. The lowest BCUT2D eigenvalue weighted by Crippen LogP contribution is -2.24. The van der Waals surface area contributed by atoms with E-state index in [0.717, 1.165) is 49.5 Å². The zero-order valence-corrected chi connectivity index (χ0v) is 21.4. The minimum atomic E-state index is 0.646. The highest BCUT2D eigenvalue weighted by atomic mass is 16.5. The molecule has 0 radical (unpaired) electrons. The number of benzene rings is 2. The molecule has 0 saturated carbocycles. The van der Waals surface area contributed by atoms with Crippen LogP contribution in [0.5, 0.6) is 23.0 Å². The molecule has 6 nitrogen and oxygen atoms in total. The zero-order valence-electron chi connectivity index (χ0n) is 21.4. The minimum absolute atomic E-state index is 0.646. The molecule has 0 amide bonds. The van der Waals surface area contributed by atoms with E-state index >= 15 is 0 Å².